The Labute approximate surface area is 75.5 Å². The molecule has 0 radical (unpaired) electrons. The fourth-order valence-corrected chi connectivity index (χ4v) is 1.11. The lowest BCUT2D eigenvalue weighted by Gasteiger charge is -2.02. The zero-order valence-corrected chi connectivity index (χ0v) is 7.28. The van der Waals surface area contributed by atoms with E-state index < -0.39 is 0 Å². The Morgan fingerprint density at radius 3 is 3.08 bits per heavy atom. The second-order valence-electron chi connectivity index (χ2n) is 3.26. The van der Waals surface area contributed by atoms with Crippen LogP contribution in [0.3, 0.4) is 0 Å². The van der Waals surface area contributed by atoms with Crippen LogP contribution in [-0.4, -0.2) is 17.1 Å². The molecule has 2 amide bonds. The van der Waals surface area contributed by atoms with E-state index in [1.165, 1.54) is 12.5 Å². The van der Waals surface area contributed by atoms with Gasteiger partial charge in [-0.25, -0.2) is 9.78 Å². The number of nitrogens with one attached hydrogen (secondary N) is 2. The lowest BCUT2D eigenvalue weighted by molar-refractivity contribution is 0.250. The minimum absolute atomic E-state index is 0.228. The van der Waals surface area contributed by atoms with E-state index in [0.717, 1.165) is 6.42 Å². The lowest BCUT2D eigenvalue weighted by Crippen LogP contribution is -2.31. The molecule has 2 atom stereocenters. The van der Waals surface area contributed by atoms with Crippen molar-refractivity contribution in [2.24, 2.45) is 5.92 Å². The second-order valence-corrected chi connectivity index (χ2v) is 3.26. The SMILES string of the molecule is CC1CC1NC(=O)Nc1ncco1. The standard InChI is InChI=1S/C8H11N3O2/c1-5-4-6(5)10-7(12)11-8-9-2-3-13-8/h2-3,5-6H,4H2,1H3,(H2,9,10,11,12). The highest BCUT2D eigenvalue weighted by molar-refractivity contribution is 5.87. The number of anilines is 1. The minimum Gasteiger partial charge on any atom is -0.432 e. The molecule has 2 unspecified atom stereocenters. The number of aromatic nitrogens is 1. The van der Waals surface area contributed by atoms with Crippen LogP contribution in [0.15, 0.2) is 16.9 Å². The van der Waals surface area contributed by atoms with E-state index in [9.17, 15) is 4.79 Å². The molecule has 2 N–H and O–H groups in total. The van der Waals surface area contributed by atoms with Gasteiger partial charge in [-0.3, -0.25) is 5.32 Å². The van der Waals surface area contributed by atoms with Crippen molar-refractivity contribution in [3.63, 3.8) is 0 Å². The van der Waals surface area contributed by atoms with Crippen molar-refractivity contribution < 1.29 is 9.21 Å². The van der Waals surface area contributed by atoms with Gasteiger partial charge in [-0.15, -0.1) is 0 Å². The van der Waals surface area contributed by atoms with Crippen molar-refractivity contribution in [3.8, 4) is 0 Å². The Morgan fingerprint density at radius 2 is 2.54 bits per heavy atom. The first kappa shape index (κ1) is 8.10. The Morgan fingerprint density at radius 1 is 1.77 bits per heavy atom. The van der Waals surface area contributed by atoms with Crippen LogP contribution in [0.25, 0.3) is 0 Å². The van der Waals surface area contributed by atoms with Crippen molar-refractivity contribution in [2.45, 2.75) is 19.4 Å². The zero-order chi connectivity index (χ0) is 9.26. The van der Waals surface area contributed by atoms with Gasteiger partial charge in [-0.2, -0.15) is 0 Å². The van der Waals surface area contributed by atoms with E-state index in [0.29, 0.717) is 12.0 Å². The van der Waals surface area contributed by atoms with Gasteiger partial charge in [0.15, 0.2) is 0 Å². The summed E-state index contributed by atoms with van der Waals surface area (Å²) >= 11 is 0. The van der Waals surface area contributed by atoms with Crippen molar-refractivity contribution >= 4 is 12.0 Å². The van der Waals surface area contributed by atoms with E-state index in [1.807, 2.05) is 0 Å². The first-order valence-corrected chi connectivity index (χ1v) is 4.22. The summed E-state index contributed by atoms with van der Waals surface area (Å²) in [5, 5.41) is 5.28. The van der Waals surface area contributed by atoms with E-state index in [-0.39, 0.29) is 12.0 Å². The molecular formula is C8H11N3O2. The average Bonchev–Trinajstić information content (AvgIpc) is 2.61. The maximum Gasteiger partial charge on any atom is 0.323 e. The van der Waals surface area contributed by atoms with Crippen LogP contribution in [0.2, 0.25) is 0 Å². The summed E-state index contributed by atoms with van der Waals surface area (Å²) in [5.41, 5.74) is 0. The molecule has 5 heteroatoms. The summed E-state index contributed by atoms with van der Waals surface area (Å²) in [4.78, 5) is 14.9. The van der Waals surface area contributed by atoms with Crippen LogP contribution >= 0.6 is 0 Å². The quantitative estimate of drug-likeness (QED) is 0.720. The normalized spacial score (nSPS) is 25.3. The predicted octanol–water partition coefficient (Wildman–Crippen LogP) is 1.20. The summed E-state index contributed by atoms with van der Waals surface area (Å²) < 4.78 is 4.85. The lowest BCUT2D eigenvalue weighted by atomic mass is 10.5. The number of carbonyl (C=O) groups is 1. The molecule has 1 saturated carbocycles. The van der Waals surface area contributed by atoms with Gasteiger partial charge in [0.2, 0.25) is 0 Å². The Hall–Kier alpha value is -1.52. The van der Waals surface area contributed by atoms with Crippen molar-refractivity contribution in [1.82, 2.24) is 10.3 Å². The van der Waals surface area contributed by atoms with Crippen LogP contribution in [-0.2, 0) is 0 Å². The molecule has 13 heavy (non-hydrogen) atoms. The molecule has 1 fully saturated rings. The highest BCUT2D eigenvalue weighted by atomic mass is 16.4. The molecule has 1 heterocycles. The number of nitrogens with zero attached hydrogens (tertiary/aromatic N) is 1. The monoisotopic (exact) mass is 181 g/mol. The van der Waals surface area contributed by atoms with Crippen LogP contribution in [0.4, 0.5) is 10.8 Å². The molecule has 1 aliphatic carbocycles. The summed E-state index contributed by atoms with van der Waals surface area (Å²) in [6, 6.07) is 0.289. The smallest absolute Gasteiger partial charge is 0.323 e. The summed E-state index contributed by atoms with van der Waals surface area (Å²) in [6.07, 6.45) is 3.95. The third-order valence-electron chi connectivity index (χ3n) is 2.08. The summed E-state index contributed by atoms with van der Waals surface area (Å²) in [7, 11) is 0. The molecule has 0 spiro atoms. The molecule has 2 rings (SSSR count). The Bertz CT molecular complexity index is 296. The number of hydrogen-bond acceptors (Lipinski definition) is 3. The molecule has 1 aromatic heterocycles. The summed E-state index contributed by atoms with van der Waals surface area (Å²) in [6.45, 7) is 2.09. The fourth-order valence-electron chi connectivity index (χ4n) is 1.11. The number of rotatable bonds is 2. The van der Waals surface area contributed by atoms with Crippen molar-refractivity contribution in [3.05, 3.63) is 12.5 Å². The third-order valence-corrected chi connectivity index (χ3v) is 2.08. The minimum atomic E-state index is -0.253. The van der Waals surface area contributed by atoms with Gasteiger partial charge in [0.1, 0.15) is 6.26 Å². The summed E-state index contributed by atoms with van der Waals surface area (Å²) in [5.74, 6) is 0.593. The third kappa shape index (κ3) is 1.99. The highest BCUT2D eigenvalue weighted by Gasteiger charge is 2.33. The van der Waals surface area contributed by atoms with Crippen molar-refractivity contribution in [2.75, 3.05) is 5.32 Å². The molecule has 70 valence electrons. The van der Waals surface area contributed by atoms with Gasteiger partial charge in [0.25, 0.3) is 0 Å². The number of hydrogen-bond donors (Lipinski definition) is 2. The van der Waals surface area contributed by atoms with Gasteiger partial charge >= 0.3 is 12.0 Å². The Balaban J connectivity index is 1.79. The molecular weight excluding hydrogens is 170 g/mol. The first-order valence-electron chi connectivity index (χ1n) is 4.22. The number of oxazole rings is 1. The maximum atomic E-state index is 11.2. The van der Waals surface area contributed by atoms with Gasteiger partial charge in [0, 0.05) is 6.04 Å². The van der Waals surface area contributed by atoms with E-state index in [4.69, 9.17) is 4.42 Å². The van der Waals surface area contributed by atoms with Crippen LogP contribution in [0.1, 0.15) is 13.3 Å². The van der Waals surface area contributed by atoms with E-state index in [1.54, 1.807) is 0 Å². The molecule has 1 aliphatic rings. The van der Waals surface area contributed by atoms with Gasteiger partial charge < -0.3 is 9.73 Å². The van der Waals surface area contributed by atoms with Crippen LogP contribution in [0.5, 0.6) is 0 Å². The predicted molar refractivity (Wildman–Crippen MR) is 46.2 cm³/mol. The highest BCUT2D eigenvalue weighted by Crippen LogP contribution is 2.28. The number of carbonyl (C=O) groups excluding carboxylic acids is 1. The van der Waals surface area contributed by atoms with Crippen LogP contribution in [0, 0.1) is 5.92 Å². The Kier molecular flexibility index (Phi) is 1.92. The number of urea groups is 1. The fraction of sp³-hybridized carbons (Fsp3) is 0.500. The molecule has 1 aromatic rings. The average molecular weight is 181 g/mol. The van der Waals surface area contributed by atoms with Gasteiger partial charge in [-0.05, 0) is 12.3 Å². The largest absolute Gasteiger partial charge is 0.432 e. The topological polar surface area (TPSA) is 67.2 Å². The molecule has 0 saturated heterocycles. The van der Waals surface area contributed by atoms with E-state index >= 15 is 0 Å². The number of amides is 2. The second kappa shape index (κ2) is 3.08. The molecule has 0 aromatic carbocycles. The molecule has 5 nitrogen and oxygen atoms in total. The molecule has 0 bridgehead atoms. The van der Waals surface area contributed by atoms with E-state index in [2.05, 4.69) is 22.5 Å². The zero-order valence-electron chi connectivity index (χ0n) is 7.28. The molecule has 0 aliphatic heterocycles. The van der Waals surface area contributed by atoms with Gasteiger partial charge in [-0.1, -0.05) is 6.92 Å². The first-order chi connectivity index (χ1) is 6.25. The maximum absolute atomic E-state index is 11.2. The van der Waals surface area contributed by atoms with Crippen molar-refractivity contribution in [1.29, 1.82) is 0 Å². The van der Waals surface area contributed by atoms with Gasteiger partial charge in [0.05, 0.1) is 6.20 Å². The van der Waals surface area contributed by atoms with Crippen LogP contribution < -0.4 is 10.6 Å².